The second kappa shape index (κ2) is 4.51. The quantitative estimate of drug-likeness (QED) is 0.760. The zero-order valence-corrected chi connectivity index (χ0v) is 10.2. The minimum absolute atomic E-state index is 0.0726. The Balaban J connectivity index is 2.15. The first-order valence-electron chi connectivity index (χ1n) is 6.07. The van der Waals surface area contributed by atoms with Crippen LogP contribution in [0.25, 0.3) is 5.82 Å². The molecule has 2 heterocycles. The molecule has 6 nitrogen and oxygen atoms in total. The van der Waals surface area contributed by atoms with Gasteiger partial charge in [-0.1, -0.05) is 0 Å². The Hall–Kier alpha value is -2.73. The van der Waals surface area contributed by atoms with Crippen molar-refractivity contribution in [3.05, 3.63) is 35.0 Å². The summed E-state index contributed by atoms with van der Waals surface area (Å²) in [5, 5.41) is 22.0. The fourth-order valence-electron chi connectivity index (χ4n) is 2.30. The summed E-state index contributed by atoms with van der Waals surface area (Å²) in [6.45, 7) is 0. The van der Waals surface area contributed by atoms with Crippen LogP contribution in [0.3, 0.4) is 0 Å². The van der Waals surface area contributed by atoms with Crippen LogP contribution >= 0.6 is 0 Å². The van der Waals surface area contributed by atoms with Gasteiger partial charge in [0.25, 0.3) is 5.82 Å². The van der Waals surface area contributed by atoms with Gasteiger partial charge < -0.3 is 0 Å². The van der Waals surface area contributed by atoms with Gasteiger partial charge in [0.1, 0.15) is 18.5 Å². The zero-order chi connectivity index (χ0) is 13.2. The molecule has 0 unspecified atom stereocenters. The van der Waals surface area contributed by atoms with Crippen molar-refractivity contribution in [2.45, 2.75) is 25.7 Å². The number of pyridine rings is 1. The first-order chi connectivity index (χ1) is 9.31. The predicted octanol–water partition coefficient (Wildman–Crippen LogP) is 1.28. The Bertz CT molecular complexity index is 716. The van der Waals surface area contributed by atoms with Gasteiger partial charge in [0, 0.05) is 5.69 Å². The third kappa shape index (κ3) is 1.94. The molecule has 1 aliphatic rings. The van der Waals surface area contributed by atoms with E-state index in [1.54, 1.807) is 0 Å². The highest BCUT2D eigenvalue weighted by Gasteiger charge is 2.17. The summed E-state index contributed by atoms with van der Waals surface area (Å²) in [4.78, 5) is 8.37. The van der Waals surface area contributed by atoms with Gasteiger partial charge in [0.05, 0.1) is 5.56 Å². The zero-order valence-electron chi connectivity index (χ0n) is 10.2. The van der Waals surface area contributed by atoms with Crippen LogP contribution in [-0.4, -0.2) is 19.7 Å². The van der Waals surface area contributed by atoms with Crippen LogP contribution in [0.15, 0.2) is 12.4 Å². The van der Waals surface area contributed by atoms with Gasteiger partial charge in [-0.3, -0.25) is 0 Å². The highest BCUT2D eigenvalue weighted by Crippen LogP contribution is 2.23. The highest BCUT2D eigenvalue weighted by atomic mass is 15.4. The predicted molar refractivity (Wildman–Crippen MR) is 65.2 cm³/mol. The van der Waals surface area contributed by atoms with Crippen LogP contribution in [0.1, 0.15) is 35.5 Å². The molecule has 0 saturated heterocycles. The molecule has 0 bridgehead atoms. The molecule has 92 valence electrons. The smallest absolute Gasteiger partial charge is 0.232 e. The second-order valence-electron chi connectivity index (χ2n) is 4.41. The molecular weight excluding hydrogens is 240 g/mol. The molecule has 3 rings (SSSR count). The number of hydrogen-bond acceptors (Lipinski definition) is 5. The molecule has 0 aromatic carbocycles. The van der Waals surface area contributed by atoms with Crippen LogP contribution in [-0.2, 0) is 12.8 Å². The van der Waals surface area contributed by atoms with Crippen molar-refractivity contribution in [3.63, 3.8) is 0 Å². The molecular formula is C13H10N6. The van der Waals surface area contributed by atoms with E-state index < -0.39 is 0 Å². The molecule has 0 aliphatic heterocycles. The van der Waals surface area contributed by atoms with Gasteiger partial charge in [-0.2, -0.15) is 15.2 Å². The summed E-state index contributed by atoms with van der Waals surface area (Å²) in [7, 11) is 0. The van der Waals surface area contributed by atoms with Crippen LogP contribution < -0.4 is 0 Å². The summed E-state index contributed by atoms with van der Waals surface area (Å²) in [5.41, 5.74) is 2.64. The molecule has 0 spiro atoms. The first-order valence-corrected chi connectivity index (χ1v) is 6.07. The average molecular weight is 250 g/mol. The van der Waals surface area contributed by atoms with Crippen molar-refractivity contribution >= 4 is 0 Å². The van der Waals surface area contributed by atoms with Gasteiger partial charge in [-0.15, -0.1) is 5.10 Å². The van der Waals surface area contributed by atoms with Gasteiger partial charge in [-0.05, 0) is 37.3 Å². The number of nitriles is 2. The number of aryl methyl sites for hydroxylation is 2. The number of hydrogen-bond donors (Lipinski definition) is 0. The maximum atomic E-state index is 9.23. The van der Waals surface area contributed by atoms with Crippen molar-refractivity contribution in [1.29, 1.82) is 10.5 Å². The molecule has 0 amide bonds. The third-order valence-electron chi connectivity index (χ3n) is 3.21. The summed E-state index contributed by atoms with van der Waals surface area (Å²) >= 11 is 0. The lowest BCUT2D eigenvalue weighted by Crippen LogP contribution is -2.11. The van der Waals surface area contributed by atoms with Crippen molar-refractivity contribution in [3.8, 4) is 18.0 Å². The van der Waals surface area contributed by atoms with E-state index >= 15 is 0 Å². The van der Waals surface area contributed by atoms with E-state index in [0.717, 1.165) is 36.9 Å². The van der Waals surface area contributed by atoms with Gasteiger partial charge >= 0.3 is 0 Å². The summed E-state index contributed by atoms with van der Waals surface area (Å²) in [6.07, 6.45) is 5.57. The van der Waals surface area contributed by atoms with Gasteiger partial charge in [0.15, 0.2) is 5.82 Å². The van der Waals surface area contributed by atoms with Crippen LogP contribution in [0, 0.1) is 22.7 Å². The van der Waals surface area contributed by atoms with E-state index in [9.17, 15) is 5.26 Å². The Morgan fingerprint density at radius 3 is 2.74 bits per heavy atom. The number of nitrogens with zero attached hydrogens (tertiary/aromatic N) is 6. The van der Waals surface area contributed by atoms with Crippen molar-refractivity contribution in [1.82, 2.24) is 19.7 Å². The standard InChI is InChI=1S/C13H10N6/c14-6-10-5-9-3-1-2-4-11(9)17-13(10)19-8-16-12(7-15)18-19/h5,8H,1-4H2. The number of fused-ring (bicyclic) bond motifs is 1. The van der Waals surface area contributed by atoms with E-state index in [1.807, 2.05) is 12.1 Å². The van der Waals surface area contributed by atoms with Crippen LogP contribution in [0.2, 0.25) is 0 Å². The molecule has 1 aliphatic carbocycles. The minimum Gasteiger partial charge on any atom is -0.232 e. The molecule has 6 heteroatoms. The van der Waals surface area contributed by atoms with Gasteiger partial charge in [-0.25, -0.2) is 9.97 Å². The largest absolute Gasteiger partial charge is 0.252 e. The average Bonchev–Trinajstić information content (AvgIpc) is 2.94. The maximum Gasteiger partial charge on any atom is 0.252 e. The Morgan fingerprint density at radius 2 is 2.00 bits per heavy atom. The van der Waals surface area contributed by atoms with E-state index in [4.69, 9.17) is 5.26 Å². The summed E-state index contributed by atoms with van der Waals surface area (Å²) < 4.78 is 1.39. The van der Waals surface area contributed by atoms with E-state index in [2.05, 4.69) is 21.1 Å². The molecule has 2 aromatic heterocycles. The van der Waals surface area contributed by atoms with Crippen LogP contribution in [0.5, 0.6) is 0 Å². The molecule has 0 atom stereocenters. The number of rotatable bonds is 1. The van der Waals surface area contributed by atoms with Crippen molar-refractivity contribution in [2.24, 2.45) is 0 Å². The monoisotopic (exact) mass is 250 g/mol. The molecule has 0 fully saturated rings. The normalized spacial score (nSPS) is 13.4. The second-order valence-corrected chi connectivity index (χ2v) is 4.41. The molecule has 19 heavy (non-hydrogen) atoms. The first kappa shape index (κ1) is 11.4. The lowest BCUT2D eigenvalue weighted by atomic mass is 9.95. The lowest BCUT2D eigenvalue weighted by molar-refractivity contribution is 0.661. The third-order valence-corrected chi connectivity index (χ3v) is 3.21. The van der Waals surface area contributed by atoms with E-state index in [-0.39, 0.29) is 5.82 Å². The fourth-order valence-corrected chi connectivity index (χ4v) is 2.30. The summed E-state index contributed by atoms with van der Waals surface area (Å²) in [5.74, 6) is 0.528. The van der Waals surface area contributed by atoms with Crippen molar-refractivity contribution in [2.75, 3.05) is 0 Å². The Morgan fingerprint density at radius 1 is 1.16 bits per heavy atom. The number of aromatic nitrogens is 4. The highest BCUT2D eigenvalue weighted by molar-refractivity contribution is 5.47. The van der Waals surface area contributed by atoms with Crippen LogP contribution in [0.4, 0.5) is 0 Å². The SMILES string of the molecule is N#Cc1ncn(-c2nc3c(cc2C#N)CCCC3)n1. The molecule has 0 radical (unpaired) electrons. The minimum atomic E-state index is 0.0726. The lowest BCUT2D eigenvalue weighted by Gasteiger charge is -2.16. The fraction of sp³-hybridized carbons (Fsp3) is 0.308. The summed E-state index contributed by atoms with van der Waals surface area (Å²) in [6, 6.07) is 5.88. The van der Waals surface area contributed by atoms with Crippen molar-refractivity contribution < 1.29 is 0 Å². The van der Waals surface area contributed by atoms with E-state index in [0.29, 0.717) is 11.4 Å². The Kier molecular flexibility index (Phi) is 2.70. The van der Waals surface area contributed by atoms with Gasteiger partial charge in [0.2, 0.25) is 0 Å². The topological polar surface area (TPSA) is 91.2 Å². The Labute approximate surface area is 110 Å². The molecule has 2 aromatic rings. The molecule has 0 saturated carbocycles. The van der Waals surface area contributed by atoms with E-state index in [1.165, 1.54) is 11.0 Å². The molecule has 0 N–H and O–H groups in total. The maximum absolute atomic E-state index is 9.23.